The molecule has 24 heavy (non-hydrogen) atoms. The first-order valence-corrected chi connectivity index (χ1v) is 10.9. The predicted octanol–water partition coefficient (Wildman–Crippen LogP) is -0.690. The Morgan fingerprint density at radius 3 is 2.54 bits per heavy atom. The number of nitrogens with zero attached hydrogens (tertiary/aromatic N) is 5. The van der Waals surface area contributed by atoms with E-state index in [0.29, 0.717) is 25.6 Å². The van der Waals surface area contributed by atoms with Gasteiger partial charge in [-0.15, -0.1) is 11.3 Å². The van der Waals surface area contributed by atoms with Crippen molar-refractivity contribution >= 4 is 32.3 Å². The summed E-state index contributed by atoms with van der Waals surface area (Å²) in [5, 5.41) is 3.05. The lowest BCUT2D eigenvalue weighted by Gasteiger charge is -2.35. The largest absolute Gasteiger partial charge is 0.370 e. The van der Waals surface area contributed by atoms with Crippen LogP contribution in [0.5, 0.6) is 0 Å². The Labute approximate surface area is 146 Å². The summed E-state index contributed by atoms with van der Waals surface area (Å²) < 4.78 is 22.8. The molecule has 8 nitrogen and oxygen atoms in total. The van der Waals surface area contributed by atoms with Crippen molar-refractivity contribution in [1.29, 1.82) is 0 Å². The summed E-state index contributed by atoms with van der Waals surface area (Å²) in [5.74, 6) is 1.09. The van der Waals surface area contributed by atoms with E-state index in [9.17, 15) is 8.42 Å². The van der Waals surface area contributed by atoms with Crippen molar-refractivity contribution in [3.63, 3.8) is 0 Å². The molecule has 3 heterocycles. The van der Waals surface area contributed by atoms with E-state index in [-0.39, 0.29) is 11.5 Å². The molecule has 2 saturated heterocycles. The fourth-order valence-electron chi connectivity index (χ4n) is 2.88. The molecule has 10 heteroatoms. The van der Waals surface area contributed by atoms with Crippen molar-refractivity contribution in [3.05, 3.63) is 11.6 Å². The number of hydrogen-bond donors (Lipinski definition) is 1. The fraction of sp³-hybridized carbons (Fsp3) is 0.714. The van der Waals surface area contributed by atoms with Gasteiger partial charge in [0.15, 0.2) is 20.9 Å². The topological polar surface area (TPSA) is 95.1 Å². The number of hydrogen-bond acceptors (Lipinski definition) is 7. The quantitative estimate of drug-likeness (QED) is 0.552. The van der Waals surface area contributed by atoms with Gasteiger partial charge in [0.05, 0.1) is 18.1 Å². The molecule has 0 spiro atoms. The minimum absolute atomic E-state index is 0.255. The highest BCUT2D eigenvalue weighted by Gasteiger charge is 2.22. The van der Waals surface area contributed by atoms with Crippen molar-refractivity contribution in [2.45, 2.75) is 0 Å². The molecule has 0 amide bonds. The van der Waals surface area contributed by atoms with Crippen molar-refractivity contribution in [2.24, 2.45) is 10.7 Å². The number of guanidine groups is 1. The van der Waals surface area contributed by atoms with Crippen LogP contribution in [0.2, 0.25) is 0 Å². The van der Waals surface area contributed by atoms with Gasteiger partial charge >= 0.3 is 0 Å². The van der Waals surface area contributed by atoms with Crippen LogP contribution in [0.25, 0.3) is 0 Å². The van der Waals surface area contributed by atoms with Gasteiger partial charge in [-0.25, -0.2) is 13.4 Å². The molecule has 134 valence electrons. The molecule has 2 aliphatic heterocycles. The van der Waals surface area contributed by atoms with Gasteiger partial charge in [-0.05, 0) is 0 Å². The average molecular weight is 373 g/mol. The minimum atomic E-state index is -2.82. The summed E-state index contributed by atoms with van der Waals surface area (Å²) in [5.41, 5.74) is 6.10. The predicted molar refractivity (Wildman–Crippen MR) is 97.5 cm³/mol. The third-order valence-electron chi connectivity index (χ3n) is 4.42. The molecule has 0 aliphatic carbocycles. The van der Waals surface area contributed by atoms with Crippen molar-refractivity contribution < 1.29 is 8.42 Å². The molecular formula is C14H24N6O2S2. The van der Waals surface area contributed by atoms with Crippen LogP contribution < -0.4 is 10.6 Å². The Morgan fingerprint density at radius 2 is 1.92 bits per heavy atom. The number of piperazine rings is 1. The van der Waals surface area contributed by atoms with E-state index in [1.807, 2.05) is 11.6 Å². The monoisotopic (exact) mass is 372 g/mol. The van der Waals surface area contributed by atoms with E-state index in [4.69, 9.17) is 5.73 Å². The van der Waals surface area contributed by atoms with Crippen LogP contribution in [0.3, 0.4) is 0 Å². The van der Waals surface area contributed by atoms with Gasteiger partial charge in [0.25, 0.3) is 0 Å². The SMILES string of the molecule is NC(=NCCN1CCS(=O)(=O)CC1)N1CCN(c2nccs2)CC1. The summed E-state index contributed by atoms with van der Waals surface area (Å²) in [4.78, 5) is 15.3. The zero-order valence-electron chi connectivity index (χ0n) is 13.7. The molecule has 0 atom stereocenters. The molecule has 1 aromatic rings. The normalized spacial score (nSPS) is 22.8. The van der Waals surface area contributed by atoms with E-state index >= 15 is 0 Å². The van der Waals surface area contributed by atoms with Crippen LogP contribution in [0.4, 0.5) is 5.13 Å². The molecule has 0 bridgehead atoms. The summed E-state index contributed by atoms with van der Waals surface area (Å²) in [7, 11) is -2.82. The van der Waals surface area contributed by atoms with Crippen LogP contribution in [-0.2, 0) is 9.84 Å². The zero-order valence-corrected chi connectivity index (χ0v) is 15.3. The smallest absolute Gasteiger partial charge is 0.191 e. The van der Waals surface area contributed by atoms with E-state index in [2.05, 4.69) is 24.7 Å². The molecule has 3 rings (SSSR count). The van der Waals surface area contributed by atoms with Crippen LogP contribution in [-0.4, -0.2) is 93.0 Å². The first kappa shape index (κ1) is 17.4. The second kappa shape index (κ2) is 7.66. The molecule has 0 saturated carbocycles. The minimum Gasteiger partial charge on any atom is -0.370 e. The Balaban J connectivity index is 1.40. The molecule has 0 unspecified atom stereocenters. The van der Waals surface area contributed by atoms with Gasteiger partial charge in [0, 0.05) is 57.4 Å². The summed E-state index contributed by atoms with van der Waals surface area (Å²) in [6, 6.07) is 0. The van der Waals surface area contributed by atoms with Crippen LogP contribution >= 0.6 is 11.3 Å². The number of aromatic nitrogens is 1. The maximum atomic E-state index is 11.4. The van der Waals surface area contributed by atoms with E-state index < -0.39 is 9.84 Å². The number of thiazole rings is 1. The Bertz CT molecular complexity index is 639. The van der Waals surface area contributed by atoms with Gasteiger partial charge in [0.2, 0.25) is 0 Å². The first-order chi connectivity index (χ1) is 11.5. The highest BCUT2D eigenvalue weighted by molar-refractivity contribution is 7.91. The molecule has 0 aromatic carbocycles. The van der Waals surface area contributed by atoms with Crippen LogP contribution in [0, 0.1) is 0 Å². The molecular weight excluding hydrogens is 348 g/mol. The van der Waals surface area contributed by atoms with Crippen molar-refractivity contribution in [2.75, 3.05) is 68.8 Å². The Hall–Kier alpha value is -1.39. The Morgan fingerprint density at radius 1 is 1.21 bits per heavy atom. The van der Waals surface area contributed by atoms with Gasteiger partial charge in [-0.1, -0.05) is 0 Å². The van der Waals surface area contributed by atoms with E-state index in [1.165, 1.54) is 0 Å². The summed E-state index contributed by atoms with van der Waals surface area (Å²) in [6.07, 6.45) is 1.83. The third kappa shape index (κ3) is 4.58. The lowest BCUT2D eigenvalue weighted by Crippen LogP contribution is -2.51. The second-order valence-corrected chi connectivity index (χ2v) is 9.20. The number of sulfone groups is 1. The lowest BCUT2D eigenvalue weighted by atomic mass is 10.3. The van der Waals surface area contributed by atoms with Gasteiger partial charge < -0.3 is 15.5 Å². The maximum absolute atomic E-state index is 11.4. The Kier molecular flexibility index (Phi) is 5.57. The highest BCUT2D eigenvalue weighted by Crippen LogP contribution is 2.18. The summed E-state index contributed by atoms with van der Waals surface area (Å²) in [6.45, 7) is 6.05. The number of nitrogens with two attached hydrogens (primary N) is 1. The molecule has 0 radical (unpaired) electrons. The maximum Gasteiger partial charge on any atom is 0.191 e. The van der Waals surface area contributed by atoms with Gasteiger partial charge in [0.1, 0.15) is 0 Å². The van der Waals surface area contributed by atoms with Crippen LogP contribution in [0.15, 0.2) is 16.6 Å². The van der Waals surface area contributed by atoms with Crippen molar-refractivity contribution in [1.82, 2.24) is 14.8 Å². The third-order valence-corrected chi connectivity index (χ3v) is 6.86. The fourth-order valence-corrected chi connectivity index (χ4v) is 4.85. The number of rotatable bonds is 4. The summed E-state index contributed by atoms with van der Waals surface area (Å²) >= 11 is 1.66. The van der Waals surface area contributed by atoms with Gasteiger partial charge in [-0.2, -0.15) is 0 Å². The first-order valence-electron chi connectivity index (χ1n) is 8.15. The number of aliphatic imine (C=N–C) groups is 1. The van der Waals surface area contributed by atoms with Crippen LogP contribution in [0.1, 0.15) is 0 Å². The second-order valence-electron chi connectivity index (χ2n) is 6.02. The zero-order chi connectivity index (χ0) is 17.0. The average Bonchev–Trinajstić information content (AvgIpc) is 3.11. The lowest BCUT2D eigenvalue weighted by molar-refractivity contribution is 0.303. The van der Waals surface area contributed by atoms with E-state index in [0.717, 1.165) is 37.9 Å². The highest BCUT2D eigenvalue weighted by atomic mass is 32.2. The van der Waals surface area contributed by atoms with Gasteiger partial charge in [-0.3, -0.25) is 9.89 Å². The molecule has 2 N–H and O–H groups in total. The molecule has 2 fully saturated rings. The standard InChI is InChI=1S/C14H24N6O2S2/c15-13(16-1-3-18-8-11-24(21,22)12-9-18)19-4-6-20(7-5-19)14-17-2-10-23-14/h2,10H,1,3-9,11-12H2,(H2,15,16). The molecule has 2 aliphatic rings. The van der Waals surface area contributed by atoms with Crippen molar-refractivity contribution in [3.8, 4) is 0 Å². The number of anilines is 1. The molecule has 1 aromatic heterocycles. The van der Waals surface area contributed by atoms with E-state index in [1.54, 1.807) is 11.3 Å².